The summed E-state index contributed by atoms with van der Waals surface area (Å²) in [5.41, 5.74) is 1.57. The van der Waals surface area contributed by atoms with E-state index < -0.39 is 0 Å². The molecule has 0 spiro atoms. The fourth-order valence-corrected chi connectivity index (χ4v) is 2.14. The summed E-state index contributed by atoms with van der Waals surface area (Å²) in [6, 6.07) is 16.5. The molecule has 24 heavy (non-hydrogen) atoms. The number of ether oxygens (including phenoxy) is 2. The normalized spacial score (nSPS) is 10.4. The minimum absolute atomic E-state index is 0.166. The molecular formula is C18H16N2O4. The van der Waals surface area contributed by atoms with Gasteiger partial charge in [0.25, 0.3) is 5.89 Å². The van der Waals surface area contributed by atoms with Crippen LogP contribution in [-0.4, -0.2) is 23.3 Å². The SMILES string of the molecule is COC(=O)c1ccc(OCc2nnc(Cc3ccccc3)o2)cc1. The number of nitrogens with zero attached hydrogens (tertiary/aromatic N) is 2. The highest BCUT2D eigenvalue weighted by Gasteiger charge is 2.09. The summed E-state index contributed by atoms with van der Waals surface area (Å²) in [6.45, 7) is 0.166. The minimum Gasteiger partial charge on any atom is -0.484 e. The summed E-state index contributed by atoms with van der Waals surface area (Å²) in [4.78, 5) is 11.4. The van der Waals surface area contributed by atoms with Gasteiger partial charge in [-0.15, -0.1) is 10.2 Å². The lowest BCUT2D eigenvalue weighted by molar-refractivity contribution is 0.0600. The highest BCUT2D eigenvalue weighted by molar-refractivity contribution is 5.89. The van der Waals surface area contributed by atoms with Crippen molar-refractivity contribution in [3.05, 3.63) is 77.5 Å². The number of carbonyl (C=O) groups excluding carboxylic acids is 1. The van der Waals surface area contributed by atoms with Gasteiger partial charge in [0.05, 0.1) is 19.1 Å². The Bertz CT molecular complexity index is 797. The minimum atomic E-state index is -0.385. The van der Waals surface area contributed by atoms with Crippen molar-refractivity contribution in [3.63, 3.8) is 0 Å². The number of aromatic nitrogens is 2. The van der Waals surface area contributed by atoms with Crippen molar-refractivity contribution in [2.75, 3.05) is 7.11 Å². The zero-order valence-corrected chi connectivity index (χ0v) is 13.1. The Hall–Kier alpha value is -3.15. The molecule has 0 aliphatic carbocycles. The predicted molar refractivity (Wildman–Crippen MR) is 85.7 cm³/mol. The molecule has 3 aromatic rings. The van der Waals surface area contributed by atoms with E-state index in [2.05, 4.69) is 14.9 Å². The molecule has 1 heterocycles. The number of hydrogen-bond donors (Lipinski definition) is 0. The number of methoxy groups -OCH3 is 1. The van der Waals surface area contributed by atoms with E-state index in [0.29, 0.717) is 29.5 Å². The standard InChI is InChI=1S/C18H16N2O4/c1-22-18(21)14-7-9-15(10-8-14)23-12-17-20-19-16(24-17)11-13-5-3-2-4-6-13/h2-10H,11-12H2,1H3. The Morgan fingerprint density at radius 1 is 1.00 bits per heavy atom. The predicted octanol–water partition coefficient (Wildman–Crippen LogP) is 3.03. The van der Waals surface area contributed by atoms with E-state index in [1.165, 1.54) is 7.11 Å². The van der Waals surface area contributed by atoms with Crippen molar-refractivity contribution >= 4 is 5.97 Å². The fourth-order valence-electron chi connectivity index (χ4n) is 2.14. The van der Waals surface area contributed by atoms with Crippen molar-refractivity contribution in [1.29, 1.82) is 0 Å². The Balaban J connectivity index is 1.56. The third-order valence-corrected chi connectivity index (χ3v) is 3.34. The smallest absolute Gasteiger partial charge is 0.337 e. The Morgan fingerprint density at radius 2 is 1.71 bits per heavy atom. The second-order valence-electron chi connectivity index (χ2n) is 5.06. The average Bonchev–Trinajstić information content (AvgIpc) is 3.08. The number of esters is 1. The molecular weight excluding hydrogens is 308 g/mol. The zero-order valence-electron chi connectivity index (χ0n) is 13.1. The van der Waals surface area contributed by atoms with Gasteiger partial charge in [-0.05, 0) is 29.8 Å². The monoisotopic (exact) mass is 324 g/mol. The number of hydrogen-bond acceptors (Lipinski definition) is 6. The molecule has 0 bridgehead atoms. The Morgan fingerprint density at radius 3 is 2.42 bits per heavy atom. The fraction of sp³-hybridized carbons (Fsp3) is 0.167. The van der Waals surface area contributed by atoms with Crippen molar-refractivity contribution in [1.82, 2.24) is 10.2 Å². The molecule has 0 aliphatic heterocycles. The molecule has 0 amide bonds. The molecule has 6 nitrogen and oxygen atoms in total. The highest BCUT2D eigenvalue weighted by Crippen LogP contribution is 2.15. The third-order valence-electron chi connectivity index (χ3n) is 3.34. The second-order valence-corrected chi connectivity index (χ2v) is 5.06. The molecule has 0 saturated heterocycles. The van der Waals surface area contributed by atoms with Crippen LogP contribution in [0.3, 0.4) is 0 Å². The van der Waals surface area contributed by atoms with E-state index in [0.717, 1.165) is 5.56 Å². The van der Waals surface area contributed by atoms with Gasteiger partial charge in [0.15, 0.2) is 6.61 Å². The summed E-state index contributed by atoms with van der Waals surface area (Å²) >= 11 is 0. The van der Waals surface area contributed by atoms with Crippen LogP contribution in [0, 0.1) is 0 Å². The Labute approximate surface area is 139 Å². The molecule has 0 radical (unpaired) electrons. The molecule has 3 rings (SSSR count). The maximum Gasteiger partial charge on any atom is 0.337 e. The molecule has 6 heteroatoms. The maximum atomic E-state index is 11.4. The number of benzene rings is 2. The first-order chi connectivity index (χ1) is 11.7. The largest absolute Gasteiger partial charge is 0.484 e. The van der Waals surface area contributed by atoms with Gasteiger partial charge in [0.2, 0.25) is 5.89 Å². The van der Waals surface area contributed by atoms with Gasteiger partial charge in [-0.1, -0.05) is 30.3 Å². The topological polar surface area (TPSA) is 74.5 Å². The first kappa shape index (κ1) is 15.7. The highest BCUT2D eigenvalue weighted by atomic mass is 16.5. The van der Waals surface area contributed by atoms with Crippen molar-refractivity contribution in [2.24, 2.45) is 0 Å². The molecule has 0 N–H and O–H groups in total. The zero-order chi connectivity index (χ0) is 16.8. The molecule has 0 fully saturated rings. The van der Waals surface area contributed by atoms with Crippen molar-refractivity contribution in [3.8, 4) is 5.75 Å². The van der Waals surface area contributed by atoms with Crippen molar-refractivity contribution in [2.45, 2.75) is 13.0 Å². The molecule has 0 saturated carbocycles. The first-order valence-electron chi connectivity index (χ1n) is 7.41. The summed E-state index contributed by atoms with van der Waals surface area (Å²) in [7, 11) is 1.34. The Kier molecular flexibility index (Phi) is 4.86. The van der Waals surface area contributed by atoms with Crippen LogP contribution in [0.1, 0.15) is 27.7 Å². The van der Waals surface area contributed by atoms with E-state index in [-0.39, 0.29) is 12.6 Å². The van der Waals surface area contributed by atoms with Crippen LogP contribution in [0.25, 0.3) is 0 Å². The van der Waals surface area contributed by atoms with Gasteiger partial charge in [0, 0.05) is 0 Å². The van der Waals surface area contributed by atoms with Crippen LogP contribution >= 0.6 is 0 Å². The van der Waals surface area contributed by atoms with Crippen LogP contribution in [-0.2, 0) is 17.8 Å². The van der Waals surface area contributed by atoms with E-state index in [1.54, 1.807) is 24.3 Å². The van der Waals surface area contributed by atoms with Gasteiger partial charge < -0.3 is 13.9 Å². The van der Waals surface area contributed by atoms with E-state index in [4.69, 9.17) is 9.15 Å². The van der Waals surface area contributed by atoms with Gasteiger partial charge in [-0.25, -0.2) is 4.79 Å². The third kappa shape index (κ3) is 3.98. The lowest BCUT2D eigenvalue weighted by atomic mass is 10.2. The van der Waals surface area contributed by atoms with Gasteiger partial charge in [0.1, 0.15) is 5.75 Å². The maximum absolute atomic E-state index is 11.4. The molecule has 0 atom stereocenters. The van der Waals surface area contributed by atoms with Crippen LogP contribution in [0.15, 0.2) is 59.0 Å². The summed E-state index contributed by atoms with van der Waals surface area (Å²) in [5.74, 6) is 1.16. The molecule has 1 aromatic heterocycles. The quantitative estimate of drug-likeness (QED) is 0.649. The summed E-state index contributed by atoms with van der Waals surface area (Å²) in [6.07, 6.45) is 0.585. The van der Waals surface area contributed by atoms with Crippen LogP contribution in [0.5, 0.6) is 5.75 Å². The molecule has 0 unspecified atom stereocenters. The molecule has 122 valence electrons. The van der Waals surface area contributed by atoms with Crippen molar-refractivity contribution < 1.29 is 18.7 Å². The van der Waals surface area contributed by atoms with Gasteiger partial charge in [-0.2, -0.15) is 0 Å². The number of carbonyl (C=O) groups is 1. The van der Waals surface area contributed by atoms with Gasteiger partial charge >= 0.3 is 5.97 Å². The first-order valence-corrected chi connectivity index (χ1v) is 7.41. The van der Waals surface area contributed by atoms with E-state index in [1.807, 2.05) is 30.3 Å². The lowest BCUT2D eigenvalue weighted by Gasteiger charge is -2.04. The second kappa shape index (κ2) is 7.41. The van der Waals surface area contributed by atoms with Gasteiger partial charge in [-0.3, -0.25) is 0 Å². The van der Waals surface area contributed by atoms with Crippen LogP contribution in [0.2, 0.25) is 0 Å². The van der Waals surface area contributed by atoms with E-state index in [9.17, 15) is 4.79 Å². The molecule has 0 aliphatic rings. The lowest BCUT2D eigenvalue weighted by Crippen LogP contribution is -2.01. The van der Waals surface area contributed by atoms with Crippen LogP contribution in [0.4, 0.5) is 0 Å². The average molecular weight is 324 g/mol. The van der Waals surface area contributed by atoms with E-state index >= 15 is 0 Å². The molecule has 2 aromatic carbocycles. The summed E-state index contributed by atoms with van der Waals surface area (Å²) < 4.78 is 15.8. The van der Waals surface area contributed by atoms with Crippen LogP contribution < -0.4 is 4.74 Å². The summed E-state index contributed by atoms with van der Waals surface area (Å²) in [5, 5.41) is 7.98. The number of rotatable bonds is 6.